The number of aliphatic hydroxyl groups is 1. The largest absolute Gasteiger partial charge is 0.390 e. The van der Waals surface area contributed by atoms with Gasteiger partial charge in [0.25, 0.3) is 0 Å². The van der Waals surface area contributed by atoms with Crippen LogP contribution in [-0.4, -0.2) is 24.4 Å². The fourth-order valence-electron chi connectivity index (χ4n) is 1.39. The molecule has 1 fully saturated rings. The molecule has 0 aromatic rings. The van der Waals surface area contributed by atoms with Crippen LogP contribution in [0.15, 0.2) is 12.7 Å². The summed E-state index contributed by atoms with van der Waals surface area (Å²) in [6, 6.07) is 0. The van der Waals surface area contributed by atoms with Gasteiger partial charge in [-0.1, -0.05) is 6.08 Å². The predicted molar refractivity (Wildman–Crippen MR) is 44.4 cm³/mol. The molecule has 0 aliphatic carbocycles. The van der Waals surface area contributed by atoms with Crippen LogP contribution in [0, 0.1) is 5.92 Å². The van der Waals surface area contributed by atoms with Crippen molar-refractivity contribution in [3.63, 3.8) is 0 Å². The molecule has 0 aromatic carbocycles. The van der Waals surface area contributed by atoms with E-state index in [1.54, 1.807) is 0 Å². The zero-order chi connectivity index (χ0) is 8.10. The summed E-state index contributed by atoms with van der Waals surface area (Å²) in [6.45, 7) is 4.91. The van der Waals surface area contributed by atoms with Gasteiger partial charge >= 0.3 is 0 Å². The molecule has 1 aliphatic heterocycles. The smallest absolute Gasteiger partial charge is 0.0823 e. The van der Waals surface area contributed by atoms with E-state index in [4.69, 9.17) is 4.74 Å². The van der Waals surface area contributed by atoms with Gasteiger partial charge in [-0.3, -0.25) is 0 Å². The molecule has 11 heavy (non-hydrogen) atoms. The van der Waals surface area contributed by atoms with Crippen LogP contribution in [0.4, 0.5) is 0 Å². The summed E-state index contributed by atoms with van der Waals surface area (Å²) < 4.78 is 5.12. The lowest BCUT2D eigenvalue weighted by atomic mass is 9.99. The Morgan fingerprint density at radius 3 is 2.91 bits per heavy atom. The molecule has 2 heteroatoms. The van der Waals surface area contributed by atoms with E-state index >= 15 is 0 Å². The van der Waals surface area contributed by atoms with Gasteiger partial charge in [-0.05, 0) is 19.3 Å². The van der Waals surface area contributed by atoms with Crippen molar-refractivity contribution in [2.24, 2.45) is 5.92 Å². The lowest BCUT2D eigenvalue weighted by Gasteiger charge is -2.10. The molecule has 1 N–H and O–H groups in total. The third kappa shape index (κ3) is 2.64. The first kappa shape index (κ1) is 8.75. The monoisotopic (exact) mass is 156 g/mol. The Morgan fingerprint density at radius 1 is 1.55 bits per heavy atom. The quantitative estimate of drug-likeness (QED) is 0.492. The van der Waals surface area contributed by atoms with Gasteiger partial charge in [0.05, 0.1) is 19.3 Å². The van der Waals surface area contributed by atoms with E-state index in [0.29, 0.717) is 12.5 Å². The van der Waals surface area contributed by atoms with Crippen molar-refractivity contribution in [1.82, 2.24) is 0 Å². The second-order valence-corrected chi connectivity index (χ2v) is 3.08. The van der Waals surface area contributed by atoms with Crippen LogP contribution in [0.1, 0.15) is 19.3 Å². The third-order valence-electron chi connectivity index (χ3n) is 2.15. The van der Waals surface area contributed by atoms with E-state index in [1.807, 2.05) is 6.08 Å². The summed E-state index contributed by atoms with van der Waals surface area (Å²) in [5.74, 6) is 0.370. The molecule has 1 rings (SSSR count). The normalized spacial score (nSPS) is 30.6. The number of ether oxygens (including phenoxy) is 1. The van der Waals surface area contributed by atoms with Crippen LogP contribution >= 0.6 is 0 Å². The van der Waals surface area contributed by atoms with Crippen LogP contribution in [0.5, 0.6) is 0 Å². The fraction of sp³-hybridized carbons (Fsp3) is 0.778. The first-order valence-electron chi connectivity index (χ1n) is 4.21. The van der Waals surface area contributed by atoms with Gasteiger partial charge in [-0.25, -0.2) is 0 Å². The van der Waals surface area contributed by atoms with E-state index in [0.717, 1.165) is 25.9 Å². The molecule has 0 radical (unpaired) electrons. The van der Waals surface area contributed by atoms with Crippen molar-refractivity contribution in [2.75, 3.05) is 13.2 Å². The molecular weight excluding hydrogens is 140 g/mol. The highest BCUT2D eigenvalue weighted by Crippen LogP contribution is 2.19. The molecule has 2 unspecified atom stereocenters. The number of aliphatic hydroxyl groups excluding tert-OH is 1. The second-order valence-electron chi connectivity index (χ2n) is 3.08. The molecule has 2 nitrogen and oxygen atoms in total. The first-order chi connectivity index (χ1) is 5.34. The zero-order valence-corrected chi connectivity index (χ0v) is 6.83. The molecule has 64 valence electrons. The van der Waals surface area contributed by atoms with Gasteiger partial charge in [0.15, 0.2) is 0 Å². The Kier molecular flexibility index (Phi) is 3.60. The molecule has 0 spiro atoms. The summed E-state index contributed by atoms with van der Waals surface area (Å²) in [4.78, 5) is 0. The average molecular weight is 156 g/mol. The Morgan fingerprint density at radius 2 is 2.36 bits per heavy atom. The summed E-state index contributed by atoms with van der Waals surface area (Å²) in [5.41, 5.74) is 0. The zero-order valence-electron chi connectivity index (χ0n) is 6.83. The molecule has 2 atom stereocenters. The summed E-state index contributed by atoms with van der Waals surface area (Å²) in [6.07, 6.45) is 4.92. The highest BCUT2D eigenvalue weighted by molar-refractivity contribution is 4.75. The fourth-order valence-corrected chi connectivity index (χ4v) is 1.39. The number of allylic oxidation sites excluding steroid dienone is 1. The first-order valence-corrected chi connectivity index (χ1v) is 4.21. The molecule has 0 saturated carbocycles. The lowest BCUT2D eigenvalue weighted by molar-refractivity contribution is 0.117. The van der Waals surface area contributed by atoms with Crippen molar-refractivity contribution in [2.45, 2.75) is 25.4 Å². The molecule has 0 amide bonds. The molecular formula is C9H16O2. The minimum Gasteiger partial charge on any atom is -0.390 e. The van der Waals surface area contributed by atoms with E-state index in [9.17, 15) is 5.11 Å². The van der Waals surface area contributed by atoms with Crippen molar-refractivity contribution in [3.8, 4) is 0 Å². The number of unbranched alkanes of at least 4 members (excludes halogenated alkanes) is 1. The minimum absolute atomic E-state index is 0.222. The van der Waals surface area contributed by atoms with Crippen molar-refractivity contribution >= 4 is 0 Å². The molecule has 1 aliphatic rings. The van der Waals surface area contributed by atoms with Gasteiger partial charge < -0.3 is 9.84 Å². The number of rotatable bonds is 4. The maximum atomic E-state index is 9.34. The summed E-state index contributed by atoms with van der Waals surface area (Å²) in [5, 5.41) is 9.34. The highest BCUT2D eigenvalue weighted by Gasteiger charge is 2.24. The van der Waals surface area contributed by atoms with Gasteiger partial charge in [0, 0.05) is 5.92 Å². The van der Waals surface area contributed by atoms with Gasteiger partial charge in [0.2, 0.25) is 0 Å². The Hall–Kier alpha value is -0.340. The average Bonchev–Trinajstić information content (AvgIpc) is 2.37. The maximum Gasteiger partial charge on any atom is 0.0823 e. The number of hydrogen-bond donors (Lipinski definition) is 1. The van der Waals surface area contributed by atoms with Crippen LogP contribution in [-0.2, 0) is 4.74 Å². The molecule has 0 aromatic heterocycles. The molecule has 1 saturated heterocycles. The lowest BCUT2D eigenvalue weighted by Crippen LogP contribution is -2.17. The van der Waals surface area contributed by atoms with Gasteiger partial charge in [-0.15, -0.1) is 6.58 Å². The van der Waals surface area contributed by atoms with E-state index < -0.39 is 0 Å². The molecule has 1 heterocycles. The van der Waals surface area contributed by atoms with Crippen LogP contribution < -0.4 is 0 Å². The number of hydrogen-bond acceptors (Lipinski definition) is 2. The Bertz CT molecular complexity index is 123. The highest BCUT2D eigenvalue weighted by atomic mass is 16.5. The van der Waals surface area contributed by atoms with Crippen LogP contribution in [0.3, 0.4) is 0 Å². The van der Waals surface area contributed by atoms with E-state index in [1.165, 1.54) is 0 Å². The SMILES string of the molecule is C=CCCCC1COCC1O. The topological polar surface area (TPSA) is 29.5 Å². The van der Waals surface area contributed by atoms with Crippen LogP contribution in [0.25, 0.3) is 0 Å². The summed E-state index contributed by atoms with van der Waals surface area (Å²) in [7, 11) is 0. The van der Waals surface area contributed by atoms with Gasteiger partial charge in [0.1, 0.15) is 0 Å². The Balaban J connectivity index is 2.10. The van der Waals surface area contributed by atoms with Crippen molar-refractivity contribution < 1.29 is 9.84 Å². The van der Waals surface area contributed by atoms with E-state index in [2.05, 4.69) is 6.58 Å². The Labute approximate surface area is 67.9 Å². The third-order valence-corrected chi connectivity index (χ3v) is 2.15. The minimum atomic E-state index is -0.222. The standard InChI is InChI=1S/C9H16O2/c1-2-3-4-5-8-6-11-7-9(8)10/h2,8-10H,1,3-7H2. The van der Waals surface area contributed by atoms with E-state index in [-0.39, 0.29) is 6.10 Å². The van der Waals surface area contributed by atoms with Crippen molar-refractivity contribution in [1.29, 1.82) is 0 Å². The van der Waals surface area contributed by atoms with Crippen LogP contribution in [0.2, 0.25) is 0 Å². The summed E-state index contributed by atoms with van der Waals surface area (Å²) >= 11 is 0. The second kappa shape index (κ2) is 4.52. The molecule has 0 bridgehead atoms. The van der Waals surface area contributed by atoms with Crippen molar-refractivity contribution in [3.05, 3.63) is 12.7 Å². The van der Waals surface area contributed by atoms with Gasteiger partial charge in [-0.2, -0.15) is 0 Å². The predicted octanol–water partition coefficient (Wildman–Crippen LogP) is 1.35. The maximum absolute atomic E-state index is 9.34.